The summed E-state index contributed by atoms with van der Waals surface area (Å²) in [6, 6.07) is 10.4. The van der Waals surface area contributed by atoms with Crippen molar-refractivity contribution in [3.63, 3.8) is 0 Å². The van der Waals surface area contributed by atoms with Crippen LogP contribution in [0.3, 0.4) is 0 Å². The average Bonchev–Trinajstić information content (AvgIpc) is 2.54. The van der Waals surface area contributed by atoms with Gasteiger partial charge in [0.1, 0.15) is 0 Å². The summed E-state index contributed by atoms with van der Waals surface area (Å²) in [4.78, 5) is 28.3. The zero-order valence-corrected chi connectivity index (χ0v) is 15.4. The highest BCUT2D eigenvalue weighted by molar-refractivity contribution is 7.99. The molecular formula is C18H19ClN2O2S. The third kappa shape index (κ3) is 5.35. The molecule has 1 heterocycles. The number of hydrogen-bond donors (Lipinski definition) is 1. The number of Topliss-reactive ketones (excluding diaryl/α,β-unsaturated/α-hetero) is 1. The van der Waals surface area contributed by atoms with Crippen molar-refractivity contribution in [3.05, 3.63) is 53.2 Å². The number of pyridine rings is 1. The molecular weight excluding hydrogens is 344 g/mol. The van der Waals surface area contributed by atoms with E-state index >= 15 is 0 Å². The monoisotopic (exact) mass is 362 g/mol. The first kappa shape index (κ1) is 18.5. The lowest BCUT2D eigenvalue weighted by Crippen LogP contribution is -2.27. The predicted molar refractivity (Wildman–Crippen MR) is 98.8 cm³/mol. The minimum Gasteiger partial charge on any atom is -0.326 e. The first-order chi connectivity index (χ1) is 11.3. The minimum atomic E-state index is -0.462. The van der Waals surface area contributed by atoms with E-state index < -0.39 is 5.41 Å². The van der Waals surface area contributed by atoms with Crippen LogP contribution in [0.5, 0.6) is 0 Å². The zero-order chi connectivity index (χ0) is 17.7. The van der Waals surface area contributed by atoms with Gasteiger partial charge in [-0.25, -0.2) is 4.98 Å². The molecule has 0 aliphatic carbocycles. The number of carbonyl (C=O) groups is 2. The number of rotatable bonds is 5. The number of amides is 1. The van der Waals surface area contributed by atoms with E-state index in [1.54, 1.807) is 42.6 Å². The molecule has 2 aromatic rings. The van der Waals surface area contributed by atoms with Crippen LogP contribution in [0.2, 0.25) is 5.02 Å². The third-order valence-corrected chi connectivity index (χ3v) is 4.36. The van der Waals surface area contributed by atoms with Gasteiger partial charge in [0, 0.05) is 22.9 Å². The number of anilines is 1. The van der Waals surface area contributed by atoms with Crippen LogP contribution < -0.4 is 5.32 Å². The van der Waals surface area contributed by atoms with Crippen LogP contribution in [-0.2, 0) is 4.79 Å². The molecule has 0 aliphatic heterocycles. The summed E-state index contributed by atoms with van der Waals surface area (Å²) in [5.41, 5.74) is 0.820. The van der Waals surface area contributed by atoms with E-state index in [1.165, 1.54) is 11.8 Å². The summed E-state index contributed by atoms with van der Waals surface area (Å²) >= 11 is 7.14. The number of carbonyl (C=O) groups excluding carboxylic acids is 2. The molecule has 0 atom stereocenters. The maximum absolute atomic E-state index is 12.2. The van der Waals surface area contributed by atoms with E-state index in [9.17, 15) is 9.59 Å². The number of thioether (sulfide) groups is 1. The van der Waals surface area contributed by atoms with Gasteiger partial charge in [-0.3, -0.25) is 9.59 Å². The SMILES string of the molecule is CC(C)(C)C(=O)Nc1ccc(C(=O)CSc2ccc(Cl)cn2)cc1. The zero-order valence-electron chi connectivity index (χ0n) is 13.8. The Morgan fingerprint density at radius 2 is 1.79 bits per heavy atom. The van der Waals surface area contributed by atoms with Crippen LogP contribution in [-0.4, -0.2) is 22.4 Å². The Kier molecular flexibility index (Phi) is 6.02. The van der Waals surface area contributed by atoms with Gasteiger partial charge >= 0.3 is 0 Å². The molecule has 126 valence electrons. The van der Waals surface area contributed by atoms with Crippen molar-refractivity contribution in [2.45, 2.75) is 25.8 Å². The van der Waals surface area contributed by atoms with Crippen LogP contribution in [0.15, 0.2) is 47.6 Å². The topological polar surface area (TPSA) is 59.1 Å². The quantitative estimate of drug-likeness (QED) is 0.619. The summed E-state index contributed by atoms with van der Waals surface area (Å²) < 4.78 is 0. The van der Waals surface area contributed by atoms with Gasteiger partial charge < -0.3 is 5.32 Å². The first-order valence-corrected chi connectivity index (χ1v) is 8.81. The molecule has 0 unspecified atom stereocenters. The second-order valence-electron chi connectivity index (χ2n) is 6.31. The smallest absolute Gasteiger partial charge is 0.229 e. The Morgan fingerprint density at radius 1 is 1.12 bits per heavy atom. The Bertz CT molecular complexity index is 722. The van der Waals surface area contributed by atoms with E-state index in [0.717, 1.165) is 5.03 Å². The summed E-state index contributed by atoms with van der Waals surface area (Å²) in [7, 11) is 0. The van der Waals surface area contributed by atoms with Crippen LogP contribution in [0.1, 0.15) is 31.1 Å². The second-order valence-corrected chi connectivity index (χ2v) is 7.74. The molecule has 0 saturated heterocycles. The molecule has 0 aliphatic rings. The Labute approximate surface area is 151 Å². The molecule has 4 nitrogen and oxygen atoms in total. The molecule has 2 rings (SSSR count). The maximum atomic E-state index is 12.2. The largest absolute Gasteiger partial charge is 0.326 e. The first-order valence-electron chi connectivity index (χ1n) is 7.45. The Balaban J connectivity index is 1.93. The van der Waals surface area contributed by atoms with Crippen LogP contribution >= 0.6 is 23.4 Å². The standard InChI is InChI=1S/C18H19ClN2O2S/c1-18(2,3)17(23)21-14-7-4-12(5-8-14)15(22)11-24-16-9-6-13(19)10-20-16/h4-10H,11H2,1-3H3,(H,21,23). The molecule has 1 amide bonds. The van der Waals surface area contributed by atoms with Gasteiger partial charge in [0.2, 0.25) is 5.91 Å². The summed E-state index contributed by atoms with van der Waals surface area (Å²) in [5.74, 6) is 0.235. The van der Waals surface area contributed by atoms with Crippen molar-refractivity contribution in [2.75, 3.05) is 11.1 Å². The van der Waals surface area contributed by atoms with Crippen LogP contribution in [0, 0.1) is 5.41 Å². The van der Waals surface area contributed by atoms with E-state index in [4.69, 9.17) is 11.6 Å². The molecule has 0 fully saturated rings. The predicted octanol–water partition coefficient (Wildman–Crippen LogP) is 4.69. The molecule has 0 bridgehead atoms. The van der Waals surface area contributed by atoms with E-state index in [1.807, 2.05) is 20.8 Å². The fourth-order valence-corrected chi connectivity index (χ4v) is 2.58. The average molecular weight is 363 g/mol. The highest BCUT2D eigenvalue weighted by Crippen LogP contribution is 2.20. The van der Waals surface area contributed by atoms with E-state index in [2.05, 4.69) is 10.3 Å². The van der Waals surface area contributed by atoms with Gasteiger partial charge in [-0.1, -0.05) is 44.1 Å². The van der Waals surface area contributed by atoms with Crippen molar-refractivity contribution >= 4 is 40.7 Å². The number of hydrogen-bond acceptors (Lipinski definition) is 4. The number of ketones is 1. The van der Waals surface area contributed by atoms with Gasteiger partial charge in [-0.15, -0.1) is 0 Å². The maximum Gasteiger partial charge on any atom is 0.229 e. The molecule has 1 N–H and O–H groups in total. The Hall–Kier alpha value is -1.85. The highest BCUT2D eigenvalue weighted by atomic mass is 35.5. The second kappa shape index (κ2) is 7.81. The number of nitrogens with one attached hydrogen (secondary N) is 1. The summed E-state index contributed by atoms with van der Waals surface area (Å²) in [6.07, 6.45) is 1.56. The van der Waals surface area contributed by atoms with E-state index in [0.29, 0.717) is 22.0 Å². The van der Waals surface area contributed by atoms with E-state index in [-0.39, 0.29) is 11.7 Å². The number of nitrogens with zero attached hydrogens (tertiary/aromatic N) is 1. The minimum absolute atomic E-state index is 0.00504. The lowest BCUT2D eigenvalue weighted by molar-refractivity contribution is -0.123. The van der Waals surface area contributed by atoms with Crippen LogP contribution in [0.25, 0.3) is 0 Å². The van der Waals surface area contributed by atoms with Crippen molar-refractivity contribution in [2.24, 2.45) is 5.41 Å². The Morgan fingerprint density at radius 3 is 2.33 bits per heavy atom. The van der Waals surface area contributed by atoms with Crippen molar-refractivity contribution in [1.29, 1.82) is 0 Å². The van der Waals surface area contributed by atoms with Crippen molar-refractivity contribution in [1.82, 2.24) is 4.98 Å². The van der Waals surface area contributed by atoms with Gasteiger partial charge in [0.25, 0.3) is 0 Å². The highest BCUT2D eigenvalue weighted by Gasteiger charge is 2.21. The molecule has 0 spiro atoms. The van der Waals surface area contributed by atoms with Gasteiger partial charge in [-0.2, -0.15) is 0 Å². The molecule has 1 aromatic carbocycles. The fraction of sp³-hybridized carbons (Fsp3) is 0.278. The molecule has 0 radical (unpaired) electrons. The van der Waals surface area contributed by atoms with Crippen molar-refractivity contribution < 1.29 is 9.59 Å². The normalized spacial score (nSPS) is 11.2. The third-order valence-electron chi connectivity index (χ3n) is 3.20. The number of halogens is 1. The van der Waals surface area contributed by atoms with Crippen molar-refractivity contribution in [3.8, 4) is 0 Å². The van der Waals surface area contributed by atoms with Gasteiger partial charge in [-0.05, 0) is 36.4 Å². The van der Waals surface area contributed by atoms with Gasteiger partial charge in [0.15, 0.2) is 5.78 Å². The molecule has 24 heavy (non-hydrogen) atoms. The summed E-state index contributed by atoms with van der Waals surface area (Å²) in [5, 5.41) is 4.15. The fourth-order valence-electron chi connectivity index (χ4n) is 1.73. The molecule has 0 saturated carbocycles. The lowest BCUT2D eigenvalue weighted by atomic mass is 9.95. The number of aromatic nitrogens is 1. The van der Waals surface area contributed by atoms with Crippen LogP contribution in [0.4, 0.5) is 5.69 Å². The lowest BCUT2D eigenvalue weighted by Gasteiger charge is -2.17. The number of benzene rings is 1. The molecule has 6 heteroatoms. The summed E-state index contributed by atoms with van der Waals surface area (Å²) in [6.45, 7) is 5.55. The van der Waals surface area contributed by atoms with Gasteiger partial charge in [0.05, 0.1) is 15.8 Å². The molecule has 1 aromatic heterocycles.